The van der Waals surface area contributed by atoms with Gasteiger partial charge in [-0.1, -0.05) is 28.1 Å². The SMILES string of the molecule is CC(C#N)=C1c2ccc(C(O)c3c(C4CC4)nc4cc(Br)ccn34)cc2COc2cc(F)ccc21. The Hall–Kier alpha value is -3.47. The number of benzene rings is 2. The fraction of sp³-hybridized carbons (Fsp3) is 0.214. The predicted octanol–water partition coefficient (Wildman–Crippen LogP) is 6.43. The Morgan fingerprint density at radius 3 is 2.77 bits per heavy atom. The number of pyridine rings is 1. The number of allylic oxidation sites excluding steroid dienone is 1. The van der Waals surface area contributed by atoms with Crippen LogP contribution in [-0.4, -0.2) is 14.5 Å². The van der Waals surface area contributed by atoms with Gasteiger partial charge in [0, 0.05) is 39.4 Å². The molecule has 2 aromatic heterocycles. The molecule has 1 atom stereocenters. The molecule has 1 N–H and O–H groups in total. The summed E-state index contributed by atoms with van der Waals surface area (Å²) in [6.07, 6.45) is 3.17. The number of aromatic nitrogens is 2. The van der Waals surface area contributed by atoms with Crippen LogP contribution in [0.3, 0.4) is 0 Å². The summed E-state index contributed by atoms with van der Waals surface area (Å²) in [5.41, 5.74) is 6.80. The predicted molar refractivity (Wildman–Crippen MR) is 133 cm³/mol. The second-order valence-corrected chi connectivity index (χ2v) is 10.0. The number of nitrogens with zero attached hydrogens (tertiary/aromatic N) is 3. The van der Waals surface area contributed by atoms with E-state index in [1.165, 1.54) is 12.1 Å². The zero-order valence-electron chi connectivity index (χ0n) is 18.9. The van der Waals surface area contributed by atoms with Gasteiger partial charge in [0.05, 0.1) is 17.5 Å². The van der Waals surface area contributed by atoms with E-state index in [9.17, 15) is 14.8 Å². The van der Waals surface area contributed by atoms with E-state index >= 15 is 0 Å². The molecule has 4 aromatic rings. The molecule has 1 unspecified atom stereocenters. The molecule has 6 rings (SSSR count). The van der Waals surface area contributed by atoms with Crippen molar-refractivity contribution in [2.75, 3.05) is 0 Å². The van der Waals surface area contributed by atoms with Gasteiger partial charge in [0.15, 0.2) is 0 Å². The van der Waals surface area contributed by atoms with Crippen molar-refractivity contribution in [1.29, 1.82) is 5.26 Å². The highest BCUT2D eigenvalue weighted by Gasteiger charge is 2.33. The number of nitriles is 1. The third-order valence-electron chi connectivity index (χ3n) is 6.73. The first kappa shape index (κ1) is 22.0. The summed E-state index contributed by atoms with van der Waals surface area (Å²) < 4.78 is 22.8. The van der Waals surface area contributed by atoms with Crippen LogP contribution in [-0.2, 0) is 6.61 Å². The van der Waals surface area contributed by atoms with Gasteiger partial charge in [-0.15, -0.1) is 0 Å². The van der Waals surface area contributed by atoms with Gasteiger partial charge in [-0.25, -0.2) is 9.37 Å². The standard InChI is InChI=1S/C28H21BrFN3O2/c1-15(13-31)25-21-6-4-17(10-18(21)14-35-23-12-20(30)5-7-22(23)25)28(34)27-26(16-2-3-16)32-24-11-19(29)8-9-33(24)27/h4-12,16,28,34H,2-3,14H2,1H3. The minimum Gasteiger partial charge on any atom is -0.488 e. The number of fused-ring (bicyclic) bond motifs is 3. The van der Waals surface area contributed by atoms with E-state index in [0.717, 1.165) is 51.0 Å². The lowest BCUT2D eigenvalue weighted by Crippen LogP contribution is -2.08. The van der Waals surface area contributed by atoms with Gasteiger partial charge < -0.3 is 14.2 Å². The Kier molecular flexibility index (Phi) is 5.24. The van der Waals surface area contributed by atoms with Crippen LogP contribution in [0.25, 0.3) is 11.2 Å². The molecular formula is C28H21BrFN3O2. The molecular weight excluding hydrogens is 509 g/mol. The number of imidazole rings is 1. The average Bonchev–Trinajstić information content (AvgIpc) is 3.65. The topological polar surface area (TPSA) is 70.5 Å². The summed E-state index contributed by atoms with van der Waals surface area (Å²) in [5, 5.41) is 21.3. The molecule has 1 saturated carbocycles. The fourth-order valence-electron chi connectivity index (χ4n) is 4.87. The van der Waals surface area contributed by atoms with Crippen LogP contribution in [0.15, 0.2) is 64.8 Å². The van der Waals surface area contributed by atoms with Crippen LogP contribution >= 0.6 is 15.9 Å². The first-order chi connectivity index (χ1) is 16.9. The second-order valence-electron chi connectivity index (χ2n) is 9.09. The molecule has 0 radical (unpaired) electrons. The van der Waals surface area contributed by atoms with Gasteiger partial charge in [0.2, 0.25) is 0 Å². The number of aliphatic hydroxyl groups is 1. The van der Waals surface area contributed by atoms with Crippen molar-refractivity contribution >= 4 is 27.2 Å². The number of halogens is 2. The van der Waals surface area contributed by atoms with Crippen molar-refractivity contribution in [3.05, 3.63) is 104 Å². The Labute approximate surface area is 210 Å². The maximum Gasteiger partial charge on any atom is 0.138 e. The van der Waals surface area contributed by atoms with Gasteiger partial charge in [0.1, 0.15) is 29.9 Å². The van der Waals surface area contributed by atoms with Gasteiger partial charge in [-0.2, -0.15) is 5.26 Å². The van der Waals surface area contributed by atoms with Crippen LogP contribution in [0.1, 0.15) is 65.4 Å². The van der Waals surface area contributed by atoms with Gasteiger partial charge in [0.25, 0.3) is 0 Å². The van der Waals surface area contributed by atoms with Gasteiger partial charge in [-0.3, -0.25) is 0 Å². The van der Waals surface area contributed by atoms with E-state index in [1.54, 1.807) is 13.0 Å². The fourth-order valence-corrected chi connectivity index (χ4v) is 5.20. The van der Waals surface area contributed by atoms with Crippen LogP contribution in [0.4, 0.5) is 4.39 Å². The minimum atomic E-state index is -0.889. The Bertz CT molecular complexity index is 1580. The van der Waals surface area contributed by atoms with Crippen molar-refractivity contribution in [3.63, 3.8) is 0 Å². The van der Waals surface area contributed by atoms with Crippen molar-refractivity contribution in [2.24, 2.45) is 0 Å². The van der Waals surface area contributed by atoms with E-state index in [2.05, 4.69) is 22.0 Å². The highest BCUT2D eigenvalue weighted by Crippen LogP contribution is 2.45. The zero-order chi connectivity index (χ0) is 24.3. The summed E-state index contributed by atoms with van der Waals surface area (Å²) in [6.45, 7) is 1.95. The summed E-state index contributed by atoms with van der Waals surface area (Å²) in [7, 11) is 0. The molecule has 0 saturated heterocycles. The number of rotatable bonds is 3. The third-order valence-corrected chi connectivity index (χ3v) is 7.22. The number of hydrogen-bond acceptors (Lipinski definition) is 4. The molecule has 0 bridgehead atoms. The van der Waals surface area contributed by atoms with Crippen LogP contribution in [0.2, 0.25) is 0 Å². The minimum absolute atomic E-state index is 0.199. The summed E-state index contributed by atoms with van der Waals surface area (Å²) >= 11 is 3.51. The second kappa shape index (κ2) is 8.33. The molecule has 2 aromatic carbocycles. The van der Waals surface area contributed by atoms with Crippen LogP contribution in [0.5, 0.6) is 5.75 Å². The highest BCUT2D eigenvalue weighted by molar-refractivity contribution is 9.10. The number of ether oxygens (including phenoxy) is 1. The van der Waals surface area contributed by atoms with Gasteiger partial charge >= 0.3 is 0 Å². The number of hydrogen-bond donors (Lipinski definition) is 1. The van der Waals surface area contributed by atoms with Crippen molar-refractivity contribution in [2.45, 2.75) is 38.4 Å². The van der Waals surface area contributed by atoms with E-state index < -0.39 is 11.9 Å². The molecule has 2 aliphatic rings. The lowest BCUT2D eigenvalue weighted by atomic mass is 9.89. The van der Waals surface area contributed by atoms with Crippen molar-refractivity contribution in [3.8, 4) is 11.8 Å². The Morgan fingerprint density at radius 1 is 1.20 bits per heavy atom. The van der Waals surface area contributed by atoms with Crippen LogP contribution in [0, 0.1) is 17.1 Å². The van der Waals surface area contributed by atoms with E-state index in [1.807, 2.05) is 40.9 Å². The Balaban J connectivity index is 1.48. The van der Waals surface area contributed by atoms with Crippen LogP contribution < -0.4 is 4.74 Å². The molecule has 0 spiro atoms. The maximum atomic E-state index is 13.9. The smallest absolute Gasteiger partial charge is 0.138 e. The molecule has 174 valence electrons. The molecule has 1 fully saturated rings. The summed E-state index contributed by atoms with van der Waals surface area (Å²) in [5.74, 6) is 0.364. The lowest BCUT2D eigenvalue weighted by molar-refractivity contribution is 0.212. The lowest BCUT2D eigenvalue weighted by Gasteiger charge is -2.17. The molecule has 3 heterocycles. The van der Waals surface area contributed by atoms with E-state index in [4.69, 9.17) is 9.72 Å². The normalized spacial score (nSPS) is 17.1. The molecule has 0 amide bonds. The molecule has 7 heteroatoms. The maximum absolute atomic E-state index is 13.9. The Morgan fingerprint density at radius 2 is 2.00 bits per heavy atom. The number of aliphatic hydroxyl groups excluding tert-OH is 1. The third kappa shape index (κ3) is 3.74. The van der Waals surface area contributed by atoms with Crippen molar-refractivity contribution in [1.82, 2.24) is 9.38 Å². The molecule has 5 nitrogen and oxygen atoms in total. The first-order valence-corrected chi connectivity index (χ1v) is 12.3. The summed E-state index contributed by atoms with van der Waals surface area (Å²) in [6, 6.07) is 16.2. The largest absolute Gasteiger partial charge is 0.488 e. The van der Waals surface area contributed by atoms with E-state index in [-0.39, 0.29) is 6.61 Å². The summed E-state index contributed by atoms with van der Waals surface area (Å²) in [4.78, 5) is 4.84. The highest BCUT2D eigenvalue weighted by atomic mass is 79.9. The average molecular weight is 530 g/mol. The monoisotopic (exact) mass is 529 g/mol. The first-order valence-electron chi connectivity index (χ1n) is 11.5. The van der Waals surface area contributed by atoms with Crippen molar-refractivity contribution < 1.29 is 14.2 Å². The molecule has 1 aliphatic heterocycles. The quantitative estimate of drug-likeness (QED) is 0.310. The van der Waals surface area contributed by atoms with Gasteiger partial charge in [-0.05, 0) is 66.8 Å². The van der Waals surface area contributed by atoms with E-state index in [0.29, 0.717) is 28.4 Å². The zero-order valence-corrected chi connectivity index (χ0v) is 20.5. The molecule has 35 heavy (non-hydrogen) atoms. The molecule has 1 aliphatic carbocycles.